The Bertz CT molecular complexity index is 129. The van der Waals surface area contributed by atoms with Crippen molar-refractivity contribution in [3.63, 3.8) is 0 Å². The Hall–Kier alpha value is 0.0969. The Balaban J connectivity index is 3.40. The third kappa shape index (κ3) is 8.68. The predicted octanol–water partition coefficient (Wildman–Crippen LogP) is 2.56. The second-order valence-corrected chi connectivity index (χ2v) is 7.17. The molecule has 0 aliphatic heterocycles. The zero-order valence-corrected chi connectivity index (χ0v) is 11.0. The average Bonchev–Trinajstić information content (AvgIpc) is 2.13. The molecule has 4 heteroatoms. The zero-order valence-electron chi connectivity index (χ0n) is 9.97. The summed E-state index contributed by atoms with van der Waals surface area (Å²) < 4.78 is 16.3. The van der Waals surface area contributed by atoms with Crippen LogP contribution in [0.5, 0.6) is 0 Å². The fraction of sp³-hybridized carbons (Fsp3) is 1.00. The van der Waals surface area contributed by atoms with Gasteiger partial charge in [-0.15, -0.1) is 0 Å². The third-order valence-corrected chi connectivity index (χ3v) is 3.73. The molecule has 0 aliphatic carbocycles. The van der Waals surface area contributed by atoms with Crippen LogP contribution in [0, 0.1) is 0 Å². The number of hydrogen-bond acceptors (Lipinski definition) is 3. The Morgan fingerprint density at radius 3 is 2.14 bits per heavy atom. The number of methoxy groups -OCH3 is 1. The van der Waals surface area contributed by atoms with Crippen molar-refractivity contribution < 1.29 is 13.6 Å². The molecule has 0 unspecified atom stereocenters. The second kappa shape index (κ2) is 8.41. The van der Waals surface area contributed by atoms with E-state index >= 15 is 0 Å². The van der Waals surface area contributed by atoms with E-state index in [1.807, 2.05) is 0 Å². The monoisotopic (exact) mass is 220 g/mol. The second-order valence-electron chi connectivity index (χ2n) is 3.80. The van der Waals surface area contributed by atoms with E-state index in [2.05, 4.69) is 20.0 Å². The summed E-state index contributed by atoms with van der Waals surface area (Å²) in [7, 11) is -0.190. The first kappa shape index (κ1) is 14.1. The van der Waals surface area contributed by atoms with E-state index in [0.717, 1.165) is 13.0 Å². The van der Waals surface area contributed by atoms with E-state index in [-0.39, 0.29) is 0 Å². The Morgan fingerprint density at radius 2 is 1.57 bits per heavy atom. The highest BCUT2D eigenvalue weighted by atomic mass is 28.4. The van der Waals surface area contributed by atoms with Crippen molar-refractivity contribution in [3.8, 4) is 0 Å². The van der Waals surface area contributed by atoms with Gasteiger partial charge in [0.05, 0.1) is 13.2 Å². The van der Waals surface area contributed by atoms with Crippen molar-refractivity contribution in [2.75, 3.05) is 26.9 Å². The van der Waals surface area contributed by atoms with Gasteiger partial charge in [0.2, 0.25) is 0 Å². The summed E-state index contributed by atoms with van der Waals surface area (Å²) in [5.41, 5.74) is 0. The molecule has 3 nitrogen and oxygen atoms in total. The number of unbranched alkanes of at least 4 members (excludes halogenated alkanes) is 2. The van der Waals surface area contributed by atoms with Gasteiger partial charge in [0, 0.05) is 13.7 Å². The highest BCUT2D eigenvalue weighted by Gasteiger charge is 2.23. The molecule has 0 fully saturated rings. The maximum absolute atomic E-state index is 5.74. The first-order valence-corrected chi connectivity index (χ1v) is 8.21. The lowest BCUT2D eigenvalue weighted by Gasteiger charge is -2.22. The lowest BCUT2D eigenvalue weighted by atomic mass is 10.3. The van der Waals surface area contributed by atoms with Gasteiger partial charge in [0.1, 0.15) is 0 Å². The van der Waals surface area contributed by atoms with Crippen molar-refractivity contribution in [3.05, 3.63) is 0 Å². The van der Waals surface area contributed by atoms with E-state index in [1.165, 1.54) is 12.8 Å². The first-order chi connectivity index (χ1) is 6.62. The summed E-state index contributed by atoms with van der Waals surface area (Å²) in [5, 5.41) is 0. The number of hydrogen-bond donors (Lipinski definition) is 0. The van der Waals surface area contributed by atoms with E-state index in [9.17, 15) is 0 Å². The molecule has 0 spiro atoms. The summed E-state index contributed by atoms with van der Waals surface area (Å²) in [4.78, 5) is 0. The van der Waals surface area contributed by atoms with Crippen molar-refractivity contribution in [1.29, 1.82) is 0 Å². The molecule has 0 aromatic carbocycles. The van der Waals surface area contributed by atoms with Crippen LogP contribution in [-0.2, 0) is 13.6 Å². The molecule has 0 rings (SSSR count). The molecule has 0 heterocycles. The van der Waals surface area contributed by atoms with Crippen LogP contribution in [0.2, 0.25) is 13.1 Å². The maximum atomic E-state index is 5.74. The predicted molar refractivity (Wildman–Crippen MR) is 60.8 cm³/mol. The van der Waals surface area contributed by atoms with Crippen molar-refractivity contribution in [1.82, 2.24) is 0 Å². The fourth-order valence-electron chi connectivity index (χ4n) is 1.08. The quantitative estimate of drug-likeness (QED) is 0.441. The zero-order chi connectivity index (χ0) is 10.9. The smallest absolute Gasteiger partial charge is 0.331 e. The number of ether oxygens (including phenoxy) is 1. The lowest BCUT2D eigenvalue weighted by Crippen LogP contribution is -2.36. The van der Waals surface area contributed by atoms with Gasteiger partial charge in [-0.2, -0.15) is 0 Å². The van der Waals surface area contributed by atoms with E-state index in [4.69, 9.17) is 13.6 Å². The standard InChI is InChI=1S/C10H24O3Si/c1-5-6-7-8-12-14(3,4)13-10-9-11-2/h5-10H2,1-4H3. The van der Waals surface area contributed by atoms with Gasteiger partial charge in [-0.25, -0.2) is 0 Å². The summed E-state index contributed by atoms with van der Waals surface area (Å²) in [6.45, 7) is 8.47. The summed E-state index contributed by atoms with van der Waals surface area (Å²) in [5.74, 6) is 0. The molecule has 0 bridgehead atoms. The molecule has 0 aromatic rings. The molecule has 86 valence electrons. The minimum atomic E-state index is -1.87. The van der Waals surface area contributed by atoms with Gasteiger partial charge in [-0.3, -0.25) is 0 Å². The van der Waals surface area contributed by atoms with Gasteiger partial charge in [-0.1, -0.05) is 19.8 Å². The van der Waals surface area contributed by atoms with Gasteiger partial charge in [0.25, 0.3) is 0 Å². The highest BCUT2D eigenvalue weighted by Crippen LogP contribution is 2.07. The molecule has 14 heavy (non-hydrogen) atoms. The van der Waals surface area contributed by atoms with Crippen molar-refractivity contribution >= 4 is 8.56 Å². The van der Waals surface area contributed by atoms with Crippen LogP contribution in [-0.4, -0.2) is 35.5 Å². The Kier molecular flexibility index (Phi) is 8.47. The minimum absolute atomic E-state index is 0.642. The molecule has 0 radical (unpaired) electrons. The van der Waals surface area contributed by atoms with Gasteiger partial charge in [0.15, 0.2) is 0 Å². The third-order valence-electron chi connectivity index (χ3n) is 1.93. The van der Waals surface area contributed by atoms with Crippen LogP contribution in [0.4, 0.5) is 0 Å². The maximum Gasteiger partial charge on any atom is 0.331 e. The molecule has 0 N–H and O–H groups in total. The summed E-state index contributed by atoms with van der Waals surface area (Å²) >= 11 is 0. The van der Waals surface area contributed by atoms with Crippen LogP contribution < -0.4 is 0 Å². The average molecular weight is 220 g/mol. The molecular formula is C10H24O3Si. The Morgan fingerprint density at radius 1 is 0.929 bits per heavy atom. The molecule has 0 aromatic heterocycles. The van der Waals surface area contributed by atoms with Crippen LogP contribution in [0.15, 0.2) is 0 Å². The van der Waals surface area contributed by atoms with E-state index in [1.54, 1.807) is 7.11 Å². The molecule has 0 aliphatic rings. The van der Waals surface area contributed by atoms with Gasteiger partial charge >= 0.3 is 8.56 Å². The van der Waals surface area contributed by atoms with E-state index < -0.39 is 8.56 Å². The molecule has 0 atom stereocenters. The van der Waals surface area contributed by atoms with Crippen LogP contribution in [0.3, 0.4) is 0 Å². The van der Waals surface area contributed by atoms with Crippen LogP contribution in [0.25, 0.3) is 0 Å². The molecular weight excluding hydrogens is 196 g/mol. The van der Waals surface area contributed by atoms with E-state index in [0.29, 0.717) is 13.2 Å². The topological polar surface area (TPSA) is 27.7 Å². The number of rotatable bonds is 9. The largest absolute Gasteiger partial charge is 0.395 e. The first-order valence-electron chi connectivity index (χ1n) is 5.39. The van der Waals surface area contributed by atoms with Gasteiger partial charge in [-0.05, 0) is 19.5 Å². The summed E-state index contributed by atoms with van der Waals surface area (Å²) in [6.07, 6.45) is 3.61. The van der Waals surface area contributed by atoms with Gasteiger partial charge < -0.3 is 13.6 Å². The summed E-state index contributed by atoms with van der Waals surface area (Å²) in [6, 6.07) is 0. The van der Waals surface area contributed by atoms with Crippen molar-refractivity contribution in [2.24, 2.45) is 0 Å². The minimum Gasteiger partial charge on any atom is -0.395 e. The Labute approximate surface area is 89.0 Å². The normalized spacial score (nSPS) is 12.0. The lowest BCUT2D eigenvalue weighted by molar-refractivity contribution is 0.112. The van der Waals surface area contributed by atoms with Crippen LogP contribution in [0.1, 0.15) is 26.2 Å². The molecule has 0 saturated carbocycles. The fourth-order valence-corrected chi connectivity index (χ4v) is 2.38. The van der Waals surface area contributed by atoms with Crippen LogP contribution >= 0.6 is 0 Å². The van der Waals surface area contributed by atoms with Crippen molar-refractivity contribution in [2.45, 2.75) is 39.3 Å². The molecule has 0 saturated heterocycles. The SMILES string of the molecule is CCCCCO[Si](C)(C)OCCOC. The highest BCUT2D eigenvalue weighted by molar-refractivity contribution is 6.64. The molecule has 0 amide bonds.